The number of aryl methyl sites for hydroxylation is 1. The summed E-state index contributed by atoms with van der Waals surface area (Å²) >= 11 is 0. The van der Waals surface area contributed by atoms with E-state index in [-0.39, 0.29) is 12.7 Å². The molecule has 28 heavy (non-hydrogen) atoms. The number of nitrogens with one attached hydrogen (secondary N) is 3. The van der Waals surface area contributed by atoms with Gasteiger partial charge < -0.3 is 29.8 Å². The van der Waals surface area contributed by atoms with E-state index in [0.717, 1.165) is 42.4 Å². The quantitative estimate of drug-likeness (QED) is 0.364. The van der Waals surface area contributed by atoms with Crippen LogP contribution in [0, 0.1) is 6.92 Å². The molecule has 0 spiro atoms. The van der Waals surface area contributed by atoms with E-state index in [1.165, 1.54) is 11.8 Å². The van der Waals surface area contributed by atoms with E-state index >= 15 is 0 Å². The van der Waals surface area contributed by atoms with Gasteiger partial charge in [-0.2, -0.15) is 0 Å². The van der Waals surface area contributed by atoms with Crippen LogP contribution in [-0.2, 0) is 6.42 Å². The molecular formula is C20H26N4O4. The van der Waals surface area contributed by atoms with Gasteiger partial charge in [-0.3, -0.25) is 9.79 Å². The average molecular weight is 386 g/mol. The fourth-order valence-electron chi connectivity index (χ4n) is 2.83. The molecule has 1 aliphatic rings. The summed E-state index contributed by atoms with van der Waals surface area (Å²) in [7, 11) is 1.73. The molecule has 0 unspecified atom stereocenters. The summed E-state index contributed by atoms with van der Waals surface area (Å²) in [6.07, 6.45) is 3.13. The number of fused-ring (bicyclic) bond motifs is 1. The molecule has 1 aromatic carbocycles. The third kappa shape index (κ3) is 5.18. The van der Waals surface area contributed by atoms with Crippen molar-refractivity contribution in [2.75, 3.05) is 33.5 Å². The van der Waals surface area contributed by atoms with E-state index in [4.69, 9.17) is 13.9 Å². The number of carbonyl (C=O) groups is 1. The number of hydrogen-bond acceptors (Lipinski definition) is 5. The molecule has 3 rings (SSSR count). The summed E-state index contributed by atoms with van der Waals surface area (Å²) in [4.78, 5) is 16.2. The molecule has 1 aliphatic heterocycles. The molecule has 1 aromatic heterocycles. The zero-order valence-electron chi connectivity index (χ0n) is 16.2. The maximum Gasteiger partial charge on any atom is 0.287 e. The summed E-state index contributed by atoms with van der Waals surface area (Å²) in [5.41, 5.74) is 2.01. The minimum atomic E-state index is -0.186. The SMILES string of the molecule is CN=C(NCCCNC(=O)c1occc1C)NCCc1ccc2c(c1)OCO2. The zero-order chi connectivity index (χ0) is 19.8. The highest BCUT2D eigenvalue weighted by Crippen LogP contribution is 2.32. The fraction of sp³-hybridized carbons (Fsp3) is 0.400. The second kappa shape index (κ2) is 9.68. The minimum absolute atomic E-state index is 0.186. The van der Waals surface area contributed by atoms with Crippen LogP contribution in [0.3, 0.4) is 0 Å². The Balaban J connectivity index is 1.30. The Morgan fingerprint density at radius 3 is 2.64 bits per heavy atom. The van der Waals surface area contributed by atoms with Crippen LogP contribution in [0.4, 0.5) is 0 Å². The molecular weight excluding hydrogens is 360 g/mol. The van der Waals surface area contributed by atoms with Gasteiger partial charge in [0.15, 0.2) is 23.2 Å². The molecule has 3 N–H and O–H groups in total. The van der Waals surface area contributed by atoms with Crippen molar-refractivity contribution in [2.24, 2.45) is 4.99 Å². The van der Waals surface area contributed by atoms with Crippen molar-refractivity contribution in [1.29, 1.82) is 0 Å². The number of hydrogen-bond donors (Lipinski definition) is 3. The van der Waals surface area contributed by atoms with Gasteiger partial charge in [0.2, 0.25) is 6.79 Å². The third-order valence-electron chi connectivity index (χ3n) is 4.37. The van der Waals surface area contributed by atoms with Gasteiger partial charge in [0, 0.05) is 32.2 Å². The van der Waals surface area contributed by atoms with E-state index in [1.807, 2.05) is 25.1 Å². The molecule has 2 heterocycles. The number of benzene rings is 1. The Labute approximate surface area is 164 Å². The highest BCUT2D eigenvalue weighted by Gasteiger charge is 2.13. The molecule has 0 bridgehead atoms. The Morgan fingerprint density at radius 1 is 1.07 bits per heavy atom. The summed E-state index contributed by atoms with van der Waals surface area (Å²) < 4.78 is 15.9. The second-order valence-corrected chi connectivity index (χ2v) is 6.41. The van der Waals surface area contributed by atoms with Crippen molar-refractivity contribution < 1.29 is 18.7 Å². The maximum atomic E-state index is 11.9. The number of guanidine groups is 1. The lowest BCUT2D eigenvalue weighted by atomic mass is 10.1. The van der Waals surface area contributed by atoms with Crippen molar-refractivity contribution in [3.63, 3.8) is 0 Å². The van der Waals surface area contributed by atoms with E-state index in [9.17, 15) is 4.79 Å². The lowest BCUT2D eigenvalue weighted by molar-refractivity contribution is 0.0925. The van der Waals surface area contributed by atoms with E-state index in [1.54, 1.807) is 13.1 Å². The predicted octanol–water partition coefficient (Wildman–Crippen LogP) is 1.84. The zero-order valence-corrected chi connectivity index (χ0v) is 16.2. The van der Waals surface area contributed by atoms with E-state index < -0.39 is 0 Å². The monoisotopic (exact) mass is 386 g/mol. The molecule has 8 nitrogen and oxygen atoms in total. The van der Waals surface area contributed by atoms with Gasteiger partial charge in [-0.1, -0.05) is 6.07 Å². The van der Waals surface area contributed by atoms with Crippen LogP contribution in [0.2, 0.25) is 0 Å². The van der Waals surface area contributed by atoms with Crippen LogP contribution in [0.1, 0.15) is 28.1 Å². The standard InChI is InChI=1S/C20H26N4O4/c1-14-7-11-26-18(14)19(25)22-8-3-9-23-20(21-2)24-10-6-15-4-5-16-17(12-15)28-13-27-16/h4-5,7,11-12H,3,6,8-10,13H2,1-2H3,(H,22,25)(H2,21,23,24). The largest absolute Gasteiger partial charge is 0.459 e. The molecule has 0 fully saturated rings. The van der Waals surface area contributed by atoms with Crippen LogP contribution < -0.4 is 25.4 Å². The first-order chi connectivity index (χ1) is 13.7. The number of ether oxygens (including phenoxy) is 2. The third-order valence-corrected chi connectivity index (χ3v) is 4.37. The number of carbonyl (C=O) groups excluding carboxylic acids is 1. The van der Waals surface area contributed by atoms with Gasteiger partial charge in [0.1, 0.15) is 0 Å². The molecule has 0 aliphatic carbocycles. The minimum Gasteiger partial charge on any atom is -0.459 e. The van der Waals surface area contributed by atoms with Crippen LogP contribution in [-0.4, -0.2) is 45.3 Å². The van der Waals surface area contributed by atoms with Crippen molar-refractivity contribution >= 4 is 11.9 Å². The summed E-state index contributed by atoms with van der Waals surface area (Å²) in [5.74, 6) is 2.51. The molecule has 0 saturated carbocycles. The first kappa shape index (κ1) is 19.6. The lowest BCUT2D eigenvalue weighted by Gasteiger charge is -2.12. The van der Waals surface area contributed by atoms with E-state index in [2.05, 4.69) is 20.9 Å². The number of rotatable bonds is 8. The van der Waals surface area contributed by atoms with Crippen LogP contribution in [0.5, 0.6) is 11.5 Å². The smallest absolute Gasteiger partial charge is 0.287 e. The number of aliphatic imine (C=N–C) groups is 1. The lowest BCUT2D eigenvalue weighted by Crippen LogP contribution is -2.39. The first-order valence-corrected chi connectivity index (χ1v) is 9.32. The van der Waals surface area contributed by atoms with Crippen molar-refractivity contribution in [3.05, 3.63) is 47.4 Å². The summed E-state index contributed by atoms with van der Waals surface area (Å²) in [6, 6.07) is 7.75. The maximum absolute atomic E-state index is 11.9. The summed E-state index contributed by atoms with van der Waals surface area (Å²) in [6.45, 7) is 4.13. The Hall–Kier alpha value is -3.16. The fourth-order valence-corrected chi connectivity index (χ4v) is 2.83. The van der Waals surface area contributed by atoms with Gasteiger partial charge >= 0.3 is 0 Å². The highest BCUT2D eigenvalue weighted by atomic mass is 16.7. The van der Waals surface area contributed by atoms with Crippen LogP contribution in [0.25, 0.3) is 0 Å². The van der Waals surface area contributed by atoms with Gasteiger partial charge in [0.25, 0.3) is 5.91 Å². The van der Waals surface area contributed by atoms with Crippen molar-refractivity contribution in [1.82, 2.24) is 16.0 Å². The highest BCUT2D eigenvalue weighted by molar-refractivity contribution is 5.92. The van der Waals surface area contributed by atoms with Gasteiger partial charge in [-0.15, -0.1) is 0 Å². The number of nitrogens with zero attached hydrogens (tertiary/aromatic N) is 1. The average Bonchev–Trinajstić information content (AvgIpc) is 3.34. The molecule has 8 heteroatoms. The Bertz CT molecular complexity index is 831. The Morgan fingerprint density at radius 2 is 1.86 bits per heavy atom. The molecule has 0 atom stereocenters. The molecule has 1 amide bonds. The first-order valence-electron chi connectivity index (χ1n) is 9.32. The Kier molecular flexibility index (Phi) is 6.78. The van der Waals surface area contributed by atoms with Gasteiger partial charge in [-0.25, -0.2) is 0 Å². The van der Waals surface area contributed by atoms with E-state index in [0.29, 0.717) is 18.8 Å². The van der Waals surface area contributed by atoms with Gasteiger partial charge in [0.05, 0.1) is 6.26 Å². The predicted molar refractivity (Wildman–Crippen MR) is 106 cm³/mol. The number of furan rings is 1. The second-order valence-electron chi connectivity index (χ2n) is 6.41. The van der Waals surface area contributed by atoms with Crippen LogP contribution in [0.15, 0.2) is 39.9 Å². The normalized spacial score (nSPS) is 12.7. The molecule has 0 saturated heterocycles. The molecule has 2 aromatic rings. The summed E-state index contributed by atoms with van der Waals surface area (Å²) in [5, 5.41) is 9.36. The number of amides is 1. The topological polar surface area (TPSA) is 97.1 Å². The molecule has 150 valence electrons. The van der Waals surface area contributed by atoms with Crippen molar-refractivity contribution in [3.8, 4) is 11.5 Å². The molecule has 0 radical (unpaired) electrons. The van der Waals surface area contributed by atoms with Crippen LogP contribution >= 0.6 is 0 Å². The van der Waals surface area contributed by atoms with Crippen molar-refractivity contribution in [2.45, 2.75) is 19.8 Å². The van der Waals surface area contributed by atoms with Gasteiger partial charge in [-0.05, 0) is 43.5 Å².